The van der Waals surface area contributed by atoms with Crippen molar-refractivity contribution < 1.29 is 9.76 Å². The molecule has 0 aliphatic carbocycles. The summed E-state index contributed by atoms with van der Waals surface area (Å²) in [4.78, 5) is 14.6. The predicted molar refractivity (Wildman–Crippen MR) is 46.8 cm³/mol. The van der Waals surface area contributed by atoms with E-state index in [1.165, 1.54) is 0 Å². The Bertz CT molecular complexity index is 325. The highest BCUT2D eigenvalue weighted by molar-refractivity contribution is 5.46. The van der Waals surface area contributed by atoms with E-state index < -0.39 is 4.92 Å². The van der Waals surface area contributed by atoms with E-state index in [2.05, 4.69) is 4.84 Å². The molecule has 70 valence electrons. The molecule has 13 heavy (non-hydrogen) atoms. The number of hydrogen-bond donors (Lipinski definition) is 1. The summed E-state index contributed by atoms with van der Waals surface area (Å²) in [7, 11) is 0. The number of benzene rings is 1. The second-order valence-corrected chi connectivity index (χ2v) is 2.65. The van der Waals surface area contributed by atoms with E-state index >= 15 is 0 Å². The Morgan fingerprint density at radius 2 is 2.31 bits per heavy atom. The Balaban J connectivity index is 3.17. The number of rotatable bonds is 3. The zero-order valence-electron chi connectivity index (χ0n) is 7.19. The van der Waals surface area contributed by atoms with Crippen LogP contribution < -0.4 is 5.90 Å². The average Bonchev–Trinajstić information content (AvgIpc) is 2.04. The summed E-state index contributed by atoms with van der Waals surface area (Å²) in [5.74, 6) is 4.86. The van der Waals surface area contributed by atoms with Crippen LogP contribution in [0.15, 0.2) is 18.2 Å². The molecule has 0 aliphatic rings. The van der Waals surface area contributed by atoms with Crippen molar-refractivity contribution in [2.75, 3.05) is 0 Å². The molecule has 0 saturated carbocycles. The summed E-state index contributed by atoms with van der Waals surface area (Å²) in [5, 5.41) is 10.6. The molecule has 5 nitrogen and oxygen atoms in total. The first-order valence-corrected chi connectivity index (χ1v) is 3.71. The maximum Gasteiger partial charge on any atom is 0.277 e. The average molecular weight is 182 g/mol. The molecule has 0 radical (unpaired) electrons. The molecule has 0 atom stereocenters. The van der Waals surface area contributed by atoms with E-state index in [1.54, 1.807) is 25.1 Å². The van der Waals surface area contributed by atoms with Crippen LogP contribution in [0.4, 0.5) is 5.69 Å². The highest BCUT2D eigenvalue weighted by Gasteiger charge is 2.15. The van der Waals surface area contributed by atoms with E-state index in [0.29, 0.717) is 11.1 Å². The van der Waals surface area contributed by atoms with Gasteiger partial charge in [-0.3, -0.25) is 15.0 Å². The van der Waals surface area contributed by atoms with Gasteiger partial charge in [-0.25, -0.2) is 5.90 Å². The molecule has 1 aromatic rings. The quantitative estimate of drug-likeness (QED) is 0.564. The SMILES string of the molecule is Cc1cccc(CON)c1[N+](=O)[O-]. The highest BCUT2D eigenvalue weighted by Crippen LogP contribution is 2.22. The highest BCUT2D eigenvalue weighted by atomic mass is 16.6. The lowest BCUT2D eigenvalue weighted by molar-refractivity contribution is -0.386. The molecule has 0 amide bonds. The van der Waals surface area contributed by atoms with Crippen molar-refractivity contribution in [1.82, 2.24) is 0 Å². The van der Waals surface area contributed by atoms with E-state index in [1.807, 2.05) is 0 Å². The van der Waals surface area contributed by atoms with Crippen LogP contribution in [0.5, 0.6) is 0 Å². The fraction of sp³-hybridized carbons (Fsp3) is 0.250. The van der Waals surface area contributed by atoms with E-state index in [-0.39, 0.29) is 12.3 Å². The van der Waals surface area contributed by atoms with Crippen LogP contribution in [-0.4, -0.2) is 4.92 Å². The fourth-order valence-electron chi connectivity index (χ4n) is 1.19. The largest absolute Gasteiger partial charge is 0.300 e. The van der Waals surface area contributed by atoms with Crippen LogP contribution in [0.3, 0.4) is 0 Å². The van der Waals surface area contributed by atoms with Gasteiger partial charge in [-0.15, -0.1) is 0 Å². The number of nitrogens with two attached hydrogens (primary N) is 1. The predicted octanol–water partition coefficient (Wildman–Crippen LogP) is 1.29. The van der Waals surface area contributed by atoms with Crippen molar-refractivity contribution in [3.05, 3.63) is 39.4 Å². The van der Waals surface area contributed by atoms with Gasteiger partial charge >= 0.3 is 0 Å². The van der Waals surface area contributed by atoms with Crippen LogP contribution in [0, 0.1) is 17.0 Å². The normalized spacial score (nSPS) is 10.0. The lowest BCUT2D eigenvalue weighted by atomic mass is 10.1. The fourth-order valence-corrected chi connectivity index (χ4v) is 1.19. The Labute approximate surface area is 75.2 Å². The monoisotopic (exact) mass is 182 g/mol. The second-order valence-electron chi connectivity index (χ2n) is 2.65. The van der Waals surface area contributed by atoms with Crippen molar-refractivity contribution in [3.63, 3.8) is 0 Å². The molecule has 1 rings (SSSR count). The summed E-state index contributed by atoms with van der Waals surface area (Å²) >= 11 is 0. The molecule has 0 bridgehead atoms. The van der Waals surface area contributed by atoms with E-state index in [4.69, 9.17) is 5.90 Å². The molecule has 0 saturated heterocycles. The number of nitrogens with zero attached hydrogens (tertiary/aromatic N) is 1. The minimum absolute atomic E-state index is 0.0536. The lowest BCUT2D eigenvalue weighted by Gasteiger charge is -2.02. The van der Waals surface area contributed by atoms with Gasteiger partial charge in [0.05, 0.1) is 17.1 Å². The van der Waals surface area contributed by atoms with Gasteiger partial charge in [-0.1, -0.05) is 12.1 Å². The molecule has 1 aromatic carbocycles. The standard InChI is InChI=1S/C8H10N2O3/c1-6-3-2-4-7(5-13-9)8(6)10(11)12/h2-4H,5,9H2,1H3. The van der Waals surface area contributed by atoms with Crippen molar-refractivity contribution in [2.24, 2.45) is 5.90 Å². The number of nitro groups is 1. The van der Waals surface area contributed by atoms with Crippen LogP contribution in [0.1, 0.15) is 11.1 Å². The van der Waals surface area contributed by atoms with E-state index in [9.17, 15) is 10.1 Å². The molecule has 0 aliphatic heterocycles. The van der Waals surface area contributed by atoms with E-state index in [0.717, 1.165) is 0 Å². The van der Waals surface area contributed by atoms with Gasteiger partial charge in [0, 0.05) is 5.56 Å². The second kappa shape index (κ2) is 3.97. The third-order valence-electron chi connectivity index (χ3n) is 1.74. The zero-order chi connectivity index (χ0) is 9.84. The van der Waals surface area contributed by atoms with Crippen LogP contribution in [-0.2, 0) is 11.4 Å². The Kier molecular flexibility index (Phi) is 2.94. The van der Waals surface area contributed by atoms with Gasteiger partial charge in [-0.05, 0) is 13.0 Å². The summed E-state index contributed by atoms with van der Waals surface area (Å²) < 4.78 is 0. The van der Waals surface area contributed by atoms with Gasteiger partial charge in [0.25, 0.3) is 5.69 Å². The van der Waals surface area contributed by atoms with Gasteiger partial charge < -0.3 is 0 Å². The van der Waals surface area contributed by atoms with Gasteiger partial charge in [0.15, 0.2) is 0 Å². The first kappa shape index (κ1) is 9.63. The molecular formula is C8H10N2O3. The van der Waals surface area contributed by atoms with Crippen LogP contribution in [0.2, 0.25) is 0 Å². The minimum Gasteiger partial charge on any atom is -0.300 e. The van der Waals surface area contributed by atoms with Crippen molar-refractivity contribution in [3.8, 4) is 0 Å². The molecule has 0 heterocycles. The van der Waals surface area contributed by atoms with Crippen LogP contribution >= 0.6 is 0 Å². The molecule has 0 fully saturated rings. The first-order chi connectivity index (χ1) is 6.16. The Morgan fingerprint density at radius 3 is 2.85 bits per heavy atom. The summed E-state index contributed by atoms with van der Waals surface area (Å²) in [6.07, 6.45) is 0. The Morgan fingerprint density at radius 1 is 1.62 bits per heavy atom. The minimum atomic E-state index is -0.427. The van der Waals surface area contributed by atoms with Crippen molar-refractivity contribution >= 4 is 5.69 Å². The molecule has 0 aromatic heterocycles. The topological polar surface area (TPSA) is 78.4 Å². The van der Waals surface area contributed by atoms with Gasteiger partial charge in [-0.2, -0.15) is 0 Å². The maximum atomic E-state index is 10.6. The molecule has 5 heteroatoms. The third-order valence-corrected chi connectivity index (χ3v) is 1.74. The summed E-state index contributed by atoms with van der Waals surface area (Å²) in [6.45, 7) is 1.73. The third kappa shape index (κ3) is 2.01. The number of aryl methyl sites for hydroxylation is 1. The molecular weight excluding hydrogens is 172 g/mol. The molecule has 0 spiro atoms. The zero-order valence-corrected chi connectivity index (χ0v) is 7.19. The lowest BCUT2D eigenvalue weighted by Crippen LogP contribution is -2.03. The van der Waals surface area contributed by atoms with Crippen molar-refractivity contribution in [1.29, 1.82) is 0 Å². The van der Waals surface area contributed by atoms with Crippen molar-refractivity contribution in [2.45, 2.75) is 13.5 Å². The smallest absolute Gasteiger partial charge is 0.277 e. The number of hydrogen-bond acceptors (Lipinski definition) is 4. The maximum absolute atomic E-state index is 10.6. The number of para-hydroxylation sites is 1. The molecule has 2 N–H and O–H groups in total. The number of nitro benzene ring substituents is 1. The molecule has 0 unspecified atom stereocenters. The summed E-state index contributed by atoms with van der Waals surface area (Å²) in [6, 6.07) is 5.03. The summed E-state index contributed by atoms with van der Waals surface area (Å²) in [5.41, 5.74) is 1.18. The van der Waals surface area contributed by atoms with Gasteiger partial charge in [0.1, 0.15) is 0 Å². The Hall–Kier alpha value is -1.46. The van der Waals surface area contributed by atoms with Gasteiger partial charge in [0.2, 0.25) is 0 Å². The first-order valence-electron chi connectivity index (χ1n) is 3.71. The van der Waals surface area contributed by atoms with Crippen LogP contribution in [0.25, 0.3) is 0 Å².